The van der Waals surface area contributed by atoms with Crippen LogP contribution >= 0.6 is 38.6 Å². The van der Waals surface area contributed by atoms with Gasteiger partial charge in [-0.3, -0.25) is 9.59 Å². The Kier molecular flexibility index (Phi) is 18.4. The number of benzene rings is 2. The van der Waals surface area contributed by atoms with Crippen LogP contribution < -0.4 is 22.1 Å². The highest BCUT2D eigenvalue weighted by atomic mass is 79.9. The summed E-state index contributed by atoms with van der Waals surface area (Å²) in [6.07, 6.45) is 11.5. The minimum Gasteiger partial charge on any atom is -0.444 e. The Morgan fingerprint density at radius 1 is 0.704 bits per heavy atom. The third-order valence-electron chi connectivity index (χ3n) is 10.9. The molecule has 0 spiro atoms. The van der Waals surface area contributed by atoms with Crippen molar-refractivity contribution in [1.29, 1.82) is 0 Å². The summed E-state index contributed by atoms with van der Waals surface area (Å²) in [5.41, 5.74) is 13.3. The fraction of sp³-hybridized carbons (Fsp3) is 0.385. The minimum absolute atomic E-state index is 0.181. The second kappa shape index (κ2) is 24.4. The van der Waals surface area contributed by atoms with Gasteiger partial charge in [-0.1, -0.05) is 30.2 Å². The molecule has 0 saturated carbocycles. The molecule has 6 N–H and O–H groups in total. The first-order chi connectivity index (χ1) is 33.7. The third kappa shape index (κ3) is 16.4. The quantitative estimate of drug-likeness (QED) is 0.115. The van der Waals surface area contributed by atoms with Crippen molar-refractivity contribution in [2.45, 2.75) is 91.5 Å². The SMILES string of the molecule is C#CC1CCN(C(=O)OC(C)(C)C)CC1.CC(C)(C)OC(=O)N1CCC(C#Cc2csc(C(=O)NCc3ccc4c(N)nccc4c3)n2)CC1.Nc1nccc2cc(CNC(=O)c3nc(Br)cs3)ccc12. The van der Waals surface area contributed by atoms with Crippen molar-refractivity contribution < 1.29 is 28.7 Å². The van der Waals surface area contributed by atoms with Gasteiger partial charge in [0.05, 0.1) is 0 Å². The molecule has 6 heterocycles. The molecule has 0 aliphatic carbocycles. The molecule has 2 aromatic carbocycles. The number of nitrogens with zero attached hydrogens (tertiary/aromatic N) is 6. The lowest BCUT2D eigenvalue weighted by atomic mass is 9.97. The highest BCUT2D eigenvalue weighted by Gasteiger charge is 2.27. The molecule has 0 atom stereocenters. The van der Waals surface area contributed by atoms with Gasteiger partial charge in [0.1, 0.15) is 33.1 Å². The molecular formula is C52H59BrN10O6S2. The van der Waals surface area contributed by atoms with Crippen molar-refractivity contribution in [3.05, 3.63) is 103 Å². The lowest BCUT2D eigenvalue weighted by molar-refractivity contribution is 0.0189. The number of aromatic nitrogens is 4. The number of ether oxygens (including phenoxy) is 2. The zero-order valence-electron chi connectivity index (χ0n) is 40.7. The number of amides is 4. The van der Waals surface area contributed by atoms with E-state index in [1.807, 2.05) is 90.1 Å². The molecule has 16 nitrogen and oxygen atoms in total. The molecule has 2 aliphatic rings. The van der Waals surface area contributed by atoms with Gasteiger partial charge in [-0.2, -0.15) is 0 Å². The van der Waals surface area contributed by atoms with E-state index in [2.05, 4.69) is 64.3 Å². The molecule has 0 bridgehead atoms. The number of thiazole rings is 2. The number of rotatable bonds is 6. The number of fused-ring (bicyclic) bond motifs is 2. The molecular weight excluding hydrogens is 1000 g/mol. The molecule has 0 radical (unpaired) electrons. The maximum atomic E-state index is 12.6. The number of nitrogens with two attached hydrogens (primary N) is 2. The van der Waals surface area contributed by atoms with Gasteiger partial charge in [-0.25, -0.2) is 29.5 Å². The standard InChI is InChI=1S/C26H29N5O3S.C14H11BrN4OS.C12H19NO2/c1-26(2,3)34-25(33)31-12-9-17(10-13-31)4-6-20-16-35-24(30-20)23(32)29-15-18-5-7-21-19(14-18)8-11-28-22(21)27;15-11-7-21-14(19-11)13(20)18-6-8-1-2-10-9(5-8)3-4-17-12(10)16;1-5-10-6-8-13(9-7-10)11(14)15-12(2,3)4/h5,7-8,11,14,16-17H,9-10,12-13,15H2,1-3H3,(H2,27,28)(H,29,32);1-5,7H,6H2,(H2,16,17)(H,18,20);1,10H,6-9H2,2-4H3. The molecule has 372 valence electrons. The van der Waals surface area contributed by atoms with E-state index in [1.165, 1.54) is 22.7 Å². The molecule has 8 rings (SSSR count). The summed E-state index contributed by atoms with van der Waals surface area (Å²) in [4.78, 5) is 68.4. The van der Waals surface area contributed by atoms with Crippen molar-refractivity contribution in [2.75, 3.05) is 37.6 Å². The van der Waals surface area contributed by atoms with Gasteiger partial charge >= 0.3 is 12.2 Å². The number of carbonyl (C=O) groups is 4. The molecule has 2 saturated heterocycles. The number of terminal acetylenes is 1. The van der Waals surface area contributed by atoms with E-state index in [-0.39, 0.29) is 29.9 Å². The van der Waals surface area contributed by atoms with Crippen LogP contribution in [0.3, 0.4) is 0 Å². The van der Waals surface area contributed by atoms with Crippen LogP contribution in [0.2, 0.25) is 0 Å². The maximum absolute atomic E-state index is 12.6. The summed E-state index contributed by atoms with van der Waals surface area (Å²) >= 11 is 5.81. The first kappa shape index (κ1) is 53.5. The van der Waals surface area contributed by atoms with Crippen LogP contribution in [-0.4, -0.2) is 91.1 Å². The van der Waals surface area contributed by atoms with Crippen LogP contribution in [0.4, 0.5) is 21.2 Å². The van der Waals surface area contributed by atoms with Crippen LogP contribution in [0.5, 0.6) is 0 Å². The van der Waals surface area contributed by atoms with Crippen LogP contribution in [0.25, 0.3) is 21.5 Å². The Hall–Kier alpha value is -6.80. The van der Waals surface area contributed by atoms with E-state index in [9.17, 15) is 19.2 Å². The third-order valence-corrected chi connectivity index (χ3v) is 13.3. The number of nitrogen functional groups attached to an aromatic ring is 2. The van der Waals surface area contributed by atoms with Gasteiger partial charge in [-0.05, 0) is 135 Å². The van der Waals surface area contributed by atoms with Gasteiger partial charge < -0.3 is 41.4 Å². The average Bonchev–Trinajstić information content (AvgIpc) is 4.01. The smallest absolute Gasteiger partial charge is 0.410 e. The normalized spacial score (nSPS) is 14.1. The molecule has 6 aromatic rings. The van der Waals surface area contributed by atoms with Crippen LogP contribution in [0.1, 0.15) is 104 Å². The molecule has 4 amide bonds. The van der Waals surface area contributed by atoms with E-state index >= 15 is 0 Å². The van der Waals surface area contributed by atoms with Gasteiger partial charge in [0.25, 0.3) is 11.8 Å². The molecule has 2 fully saturated rings. The Balaban J connectivity index is 0.000000194. The summed E-state index contributed by atoms with van der Waals surface area (Å²) in [5, 5.41) is 13.9. The van der Waals surface area contributed by atoms with Crippen LogP contribution in [0.15, 0.2) is 76.3 Å². The number of halogens is 1. The molecule has 71 heavy (non-hydrogen) atoms. The lowest BCUT2D eigenvalue weighted by Crippen LogP contribution is -2.41. The van der Waals surface area contributed by atoms with Crippen LogP contribution in [0, 0.1) is 36.0 Å². The predicted octanol–water partition coefficient (Wildman–Crippen LogP) is 9.43. The van der Waals surface area contributed by atoms with Crippen molar-refractivity contribution in [3.63, 3.8) is 0 Å². The minimum atomic E-state index is -0.496. The largest absolute Gasteiger partial charge is 0.444 e. The summed E-state index contributed by atoms with van der Waals surface area (Å²) in [7, 11) is 0. The fourth-order valence-corrected chi connectivity index (χ4v) is 9.13. The Labute approximate surface area is 430 Å². The Morgan fingerprint density at radius 3 is 1.59 bits per heavy atom. The lowest BCUT2D eigenvalue weighted by Gasteiger charge is -2.31. The average molecular weight is 1060 g/mol. The van der Waals surface area contributed by atoms with E-state index < -0.39 is 11.2 Å². The second-order valence-electron chi connectivity index (χ2n) is 18.8. The number of anilines is 2. The number of pyridine rings is 2. The molecule has 2 aliphatic heterocycles. The maximum Gasteiger partial charge on any atom is 0.410 e. The fourth-order valence-electron chi connectivity index (χ4n) is 7.30. The number of nitrogens with one attached hydrogen (secondary N) is 2. The number of piperidine rings is 2. The first-order valence-corrected chi connectivity index (χ1v) is 25.6. The number of likely N-dealkylation sites (tertiary alicyclic amines) is 2. The molecule has 0 unspecified atom stereocenters. The highest BCUT2D eigenvalue weighted by Crippen LogP contribution is 2.24. The first-order valence-electron chi connectivity index (χ1n) is 23.1. The second-order valence-corrected chi connectivity index (χ2v) is 21.3. The monoisotopic (exact) mass is 1060 g/mol. The van der Waals surface area contributed by atoms with Crippen molar-refractivity contribution in [2.24, 2.45) is 11.8 Å². The van der Waals surface area contributed by atoms with Crippen LogP contribution in [-0.2, 0) is 22.6 Å². The number of hydrogen-bond acceptors (Lipinski definition) is 14. The summed E-state index contributed by atoms with van der Waals surface area (Å²) in [6, 6.07) is 15.4. The number of carbonyl (C=O) groups excluding carboxylic acids is 4. The van der Waals surface area contributed by atoms with Gasteiger partial charge in [0.15, 0.2) is 10.0 Å². The van der Waals surface area contributed by atoms with E-state index in [4.69, 9.17) is 27.4 Å². The van der Waals surface area contributed by atoms with E-state index in [0.29, 0.717) is 77.1 Å². The van der Waals surface area contributed by atoms with E-state index in [1.54, 1.807) is 33.0 Å². The predicted molar refractivity (Wildman–Crippen MR) is 283 cm³/mol. The van der Waals surface area contributed by atoms with Crippen molar-refractivity contribution >= 4 is 95.8 Å². The van der Waals surface area contributed by atoms with Gasteiger partial charge in [0.2, 0.25) is 0 Å². The van der Waals surface area contributed by atoms with E-state index in [0.717, 1.165) is 58.4 Å². The van der Waals surface area contributed by atoms with Crippen molar-refractivity contribution in [3.8, 4) is 24.2 Å². The van der Waals surface area contributed by atoms with Gasteiger partial charge in [0, 0.05) is 85.0 Å². The summed E-state index contributed by atoms with van der Waals surface area (Å²) < 4.78 is 11.4. The zero-order valence-corrected chi connectivity index (χ0v) is 43.9. The zero-order chi connectivity index (χ0) is 51.3. The molecule has 4 aromatic heterocycles. The highest BCUT2D eigenvalue weighted by molar-refractivity contribution is 9.10. The molecule has 19 heteroatoms. The Morgan fingerprint density at radius 2 is 1.15 bits per heavy atom. The Bertz CT molecular complexity index is 2950. The summed E-state index contributed by atoms with van der Waals surface area (Å²) in [5.74, 6) is 10.2. The van der Waals surface area contributed by atoms with Gasteiger partial charge in [-0.15, -0.1) is 35.0 Å². The summed E-state index contributed by atoms with van der Waals surface area (Å²) in [6.45, 7) is 14.7. The van der Waals surface area contributed by atoms with Crippen molar-refractivity contribution in [1.82, 2.24) is 40.4 Å². The topological polar surface area (TPSA) is 221 Å². The number of hydrogen-bond donors (Lipinski definition) is 4.